The largest absolute Gasteiger partial charge is 0.416 e. The van der Waals surface area contributed by atoms with Gasteiger partial charge in [0.15, 0.2) is 5.17 Å². The summed E-state index contributed by atoms with van der Waals surface area (Å²) in [5.41, 5.74) is -0.0843. The third-order valence-electron chi connectivity index (χ3n) is 3.40. The van der Waals surface area contributed by atoms with Crippen molar-refractivity contribution in [3.63, 3.8) is 0 Å². The molecule has 0 radical (unpaired) electrons. The van der Waals surface area contributed by atoms with Crippen LogP contribution >= 0.6 is 27.7 Å². The van der Waals surface area contributed by atoms with Gasteiger partial charge in [0.2, 0.25) is 0 Å². The van der Waals surface area contributed by atoms with Gasteiger partial charge in [-0.05, 0) is 53.7 Å². The number of nitrogens with zero attached hydrogens (tertiary/aromatic N) is 1. The first-order valence-corrected chi connectivity index (χ1v) is 8.62. The summed E-state index contributed by atoms with van der Waals surface area (Å²) in [5.74, 6) is -0.519. The average molecular weight is 427 g/mol. The van der Waals surface area contributed by atoms with E-state index in [-0.39, 0.29) is 15.8 Å². The van der Waals surface area contributed by atoms with Gasteiger partial charge in [0.05, 0.1) is 16.2 Å². The van der Waals surface area contributed by atoms with E-state index < -0.39 is 17.6 Å². The molecule has 0 atom stereocenters. The first-order chi connectivity index (χ1) is 11.8. The van der Waals surface area contributed by atoms with Gasteiger partial charge >= 0.3 is 6.18 Å². The van der Waals surface area contributed by atoms with Gasteiger partial charge in [0, 0.05) is 4.47 Å². The maximum absolute atomic E-state index is 12.9. The second-order valence-corrected chi connectivity index (χ2v) is 7.11. The van der Waals surface area contributed by atoms with Gasteiger partial charge in [-0.1, -0.05) is 34.1 Å². The molecule has 0 bridgehead atoms. The van der Waals surface area contributed by atoms with Crippen molar-refractivity contribution in [3.8, 4) is 0 Å². The molecular formula is C17H10BrF3N2OS. The number of hydrogen-bond acceptors (Lipinski definition) is 3. The molecule has 1 amide bonds. The lowest BCUT2D eigenvalue weighted by atomic mass is 10.1. The lowest BCUT2D eigenvalue weighted by Gasteiger charge is -2.16. The van der Waals surface area contributed by atoms with E-state index in [4.69, 9.17) is 5.41 Å². The van der Waals surface area contributed by atoms with E-state index >= 15 is 0 Å². The lowest BCUT2D eigenvalue weighted by Crippen LogP contribution is -2.28. The van der Waals surface area contributed by atoms with Crippen molar-refractivity contribution in [1.82, 2.24) is 0 Å². The highest BCUT2D eigenvalue weighted by atomic mass is 79.9. The molecule has 0 aliphatic carbocycles. The monoisotopic (exact) mass is 426 g/mol. The number of alkyl halides is 3. The molecule has 0 aromatic heterocycles. The Labute approximate surface area is 154 Å². The van der Waals surface area contributed by atoms with Crippen molar-refractivity contribution in [3.05, 3.63) is 69.0 Å². The number of amides is 1. The molecule has 1 saturated heterocycles. The van der Waals surface area contributed by atoms with Gasteiger partial charge < -0.3 is 0 Å². The molecule has 3 nitrogen and oxygen atoms in total. The van der Waals surface area contributed by atoms with Gasteiger partial charge in [-0.25, -0.2) is 0 Å². The molecule has 2 aromatic carbocycles. The summed E-state index contributed by atoms with van der Waals surface area (Å²) in [5, 5.41) is 7.84. The van der Waals surface area contributed by atoms with E-state index in [1.165, 1.54) is 12.1 Å². The van der Waals surface area contributed by atoms with E-state index in [1.54, 1.807) is 24.3 Å². The summed E-state index contributed by atoms with van der Waals surface area (Å²) in [6.45, 7) is 0. The fourth-order valence-electron chi connectivity index (χ4n) is 2.29. The number of anilines is 1. The van der Waals surface area contributed by atoms with Crippen LogP contribution in [0.3, 0.4) is 0 Å². The van der Waals surface area contributed by atoms with Crippen molar-refractivity contribution >= 4 is 50.5 Å². The Morgan fingerprint density at radius 3 is 2.52 bits per heavy atom. The van der Waals surface area contributed by atoms with Crippen LogP contribution in [0.5, 0.6) is 0 Å². The standard InChI is InChI=1S/C17H10BrF3N2OS/c18-12-5-1-3-10(7-12)8-14-15(24)23(16(22)25-14)13-6-2-4-11(9-13)17(19,20)21/h1-9,22H/b14-8-,22-16?. The molecule has 1 aliphatic rings. The molecule has 1 heterocycles. The molecular weight excluding hydrogens is 417 g/mol. The molecule has 0 saturated carbocycles. The van der Waals surface area contributed by atoms with Crippen LogP contribution in [0.4, 0.5) is 18.9 Å². The Morgan fingerprint density at radius 2 is 1.84 bits per heavy atom. The minimum Gasteiger partial charge on any atom is -0.278 e. The highest BCUT2D eigenvalue weighted by Crippen LogP contribution is 2.37. The van der Waals surface area contributed by atoms with Crippen LogP contribution in [0.1, 0.15) is 11.1 Å². The molecule has 2 aromatic rings. The van der Waals surface area contributed by atoms with Crippen LogP contribution in [-0.2, 0) is 11.0 Å². The van der Waals surface area contributed by atoms with Crippen LogP contribution in [0, 0.1) is 5.41 Å². The van der Waals surface area contributed by atoms with Gasteiger partial charge in [-0.15, -0.1) is 0 Å². The maximum Gasteiger partial charge on any atom is 0.416 e. The number of thioether (sulfide) groups is 1. The zero-order valence-electron chi connectivity index (χ0n) is 12.5. The predicted molar refractivity (Wildman–Crippen MR) is 96.4 cm³/mol. The molecule has 128 valence electrons. The summed E-state index contributed by atoms with van der Waals surface area (Å²) in [7, 11) is 0. The normalized spacial score (nSPS) is 16.8. The molecule has 25 heavy (non-hydrogen) atoms. The molecule has 1 fully saturated rings. The topological polar surface area (TPSA) is 44.2 Å². The first kappa shape index (κ1) is 17.8. The minimum atomic E-state index is -4.51. The Balaban J connectivity index is 1.95. The van der Waals surface area contributed by atoms with Crippen molar-refractivity contribution in [1.29, 1.82) is 5.41 Å². The first-order valence-electron chi connectivity index (χ1n) is 7.01. The number of benzene rings is 2. The second-order valence-electron chi connectivity index (χ2n) is 5.16. The number of nitrogens with one attached hydrogen (secondary N) is 1. The quantitative estimate of drug-likeness (QED) is 0.642. The van der Waals surface area contributed by atoms with Crippen molar-refractivity contribution < 1.29 is 18.0 Å². The van der Waals surface area contributed by atoms with Crippen LogP contribution in [-0.4, -0.2) is 11.1 Å². The summed E-state index contributed by atoms with van der Waals surface area (Å²) >= 11 is 4.25. The SMILES string of the molecule is N=C1S/C(=C\c2cccc(Br)c2)C(=O)N1c1cccc(C(F)(F)F)c1. The summed E-state index contributed by atoms with van der Waals surface area (Å²) in [6.07, 6.45) is -2.90. The molecule has 0 unspecified atom stereocenters. The van der Waals surface area contributed by atoms with Gasteiger partial charge in [0.1, 0.15) is 0 Å². The van der Waals surface area contributed by atoms with Crippen LogP contribution in [0.25, 0.3) is 6.08 Å². The fraction of sp³-hybridized carbons (Fsp3) is 0.0588. The number of hydrogen-bond donors (Lipinski definition) is 1. The maximum atomic E-state index is 12.9. The summed E-state index contributed by atoms with van der Waals surface area (Å²) < 4.78 is 39.5. The molecule has 3 rings (SSSR count). The smallest absolute Gasteiger partial charge is 0.278 e. The zero-order valence-corrected chi connectivity index (χ0v) is 14.9. The van der Waals surface area contributed by atoms with Crippen LogP contribution < -0.4 is 4.90 Å². The number of halogens is 4. The fourth-order valence-corrected chi connectivity index (χ4v) is 3.57. The Kier molecular flexibility index (Phi) is 4.75. The van der Waals surface area contributed by atoms with E-state index in [9.17, 15) is 18.0 Å². The van der Waals surface area contributed by atoms with Crippen LogP contribution in [0.15, 0.2) is 57.9 Å². The highest BCUT2D eigenvalue weighted by molar-refractivity contribution is 9.10. The predicted octanol–water partition coefficient (Wildman–Crippen LogP) is 5.52. The number of carbonyl (C=O) groups excluding carboxylic acids is 1. The second kappa shape index (κ2) is 6.68. The van der Waals surface area contributed by atoms with E-state index in [0.29, 0.717) is 0 Å². The lowest BCUT2D eigenvalue weighted by molar-refractivity contribution is -0.137. The number of rotatable bonds is 2. The molecule has 8 heteroatoms. The van der Waals surface area contributed by atoms with E-state index in [1.807, 2.05) is 6.07 Å². The Hall–Kier alpha value is -2.06. The minimum absolute atomic E-state index is 0.0231. The van der Waals surface area contributed by atoms with Gasteiger partial charge in [-0.3, -0.25) is 15.1 Å². The van der Waals surface area contributed by atoms with Crippen molar-refractivity contribution in [2.24, 2.45) is 0 Å². The van der Waals surface area contributed by atoms with Gasteiger partial charge in [0.25, 0.3) is 5.91 Å². The summed E-state index contributed by atoms with van der Waals surface area (Å²) in [6, 6.07) is 11.6. The van der Waals surface area contributed by atoms with Crippen molar-refractivity contribution in [2.45, 2.75) is 6.18 Å². The average Bonchev–Trinajstić information content (AvgIpc) is 2.81. The zero-order chi connectivity index (χ0) is 18.2. The van der Waals surface area contributed by atoms with Crippen LogP contribution in [0.2, 0.25) is 0 Å². The Bertz CT molecular complexity index is 895. The molecule has 1 aliphatic heterocycles. The molecule has 0 spiro atoms. The Morgan fingerprint density at radius 1 is 1.12 bits per heavy atom. The third-order valence-corrected chi connectivity index (χ3v) is 4.78. The number of amidine groups is 1. The molecule has 1 N–H and O–H groups in total. The van der Waals surface area contributed by atoms with E-state index in [0.717, 1.165) is 38.8 Å². The highest BCUT2D eigenvalue weighted by Gasteiger charge is 2.36. The van der Waals surface area contributed by atoms with Crippen molar-refractivity contribution in [2.75, 3.05) is 4.90 Å². The summed E-state index contributed by atoms with van der Waals surface area (Å²) in [4.78, 5) is 13.8. The van der Waals surface area contributed by atoms with Gasteiger partial charge in [-0.2, -0.15) is 13.2 Å². The third kappa shape index (κ3) is 3.80. The number of carbonyl (C=O) groups is 1. The van der Waals surface area contributed by atoms with E-state index in [2.05, 4.69) is 15.9 Å².